The van der Waals surface area contributed by atoms with Gasteiger partial charge < -0.3 is 16.4 Å². The largest absolute Gasteiger partial charge is 0.416 e. The van der Waals surface area contributed by atoms with Crippen LogP contribution in [0.1, 0.15) is 32.1 Å². The summed E-state index contributed by atoms with van der Waals surface area (Å²) in [6.45, 7) is 1.79. The molecule has 0 aliphatic carbocycles. The predicted molar refractivity (Wildman–Crippen MR) is 119 cm³/mol. The lowest BCUT2D eigenvalue weighted by atomic mass is 10.1. The second kappa shape index (κ2) is 8.46. The number of aromatic nitrogens is 4. The van der Waals surface area contributed by atoms with Crippen molar-refractivity contribution in [3.05, 3.63) is 71.2 Å². The van der Waals surface area contributed by atoms with E-state index in [9.17, 15) is 22.8 Å². The summed E-state index contributed by atoms with van der Waals surface area (Å²) in [5.74, 6) is -1.38. The molecule has 2 aromatic heterocycles. The number of alkyl halides is 3. The average Bonchev–Trinajstić information content (AvgIpc) is 3.15. The van der Waals surface area contributed by atoms with E-state index in [4.69, 9.17) is 5.73 Å². The first-order valence-electron chi connectivity index (χ1n) is 9.89. The molecule has 2 aromatic carbocycles. The van der Waals surface area contributed by atoms with E-state index in [1.807, 2.05) is 0 Å². The molecule has 0 aliphatic heterocycles. The summed E-state index contributed by atoms with van der Waals surface area (Å²) in [6, 6.07) is 9.09. The third kappa shape index (κ3) is 4.51. The predicted octanol–water partition coefficient (Wildman–Crippen LogP) is 3.79. The molecule has 4 rings (SSSR count). The first kappa shape index (κ1) is 22.7. The first-order chi connectivity index (χ1) is 16.0. The van der Waals surface area contributed by atoms with Crippen LogP contribution in [0.15, 0.2) is 48.7 Å². The molecule has 0 atom stereocenters. The summed E-state index contributed by atoms with van der Waals surface area (Å²) < 4.78 is 40.3. The van der Waals surface area contributed by atoms with E-state index < -0.39 is 23.6 Å². The maximum absolute atomic E-state index is 13.0. The molecule has 0 bridgehead atoms. The molecule has 0 radical (unpaired) electrons. The summed E-state index contributed by atoms with van der Waals surface area (Å²) >= 11 is 0. The number of aryl methyl sites for hydroxylation is 2. The van der Waals surface area contributed by atoms with Gasteiger partial charge in [0.1, 0.15) is 5.82 Å². The topological polar surface area (TPSA) is 128 Å². The molecule has 2 heterocycles. The summed E-state index contributed by atoms with van der Waals surface area (Å²) in [7, 11) is 1.65. The highest BCUT2D eigenvalue weighted by Gasteiger charge is 2.30. The Labute approximate surface area is 190 Å². The summed E-state index contributed by atoms with van der Waals surface area (Å²) in [6.07, 6.45) is -3.01. The van der Waals surface area contributed by atoms with Crippen LogP contribution in [0, 0.1) is 6.92 Å². The molecule has 4 N–H and O–H groups in total. The molecule has 9 nitrogen and oxygen atoms in total. The number of nitrogens with two attached hydrogens (primary N) is 1. The van der Waals surface area contributed by atoms with Crippen molar-refractivity contribution in [2.75, 3.05) is 10.6 Å². The number of fused-ring (bicyclic) bond motifs is 1. The molecule has 12 heteroatoms. The van der Waals surface area contributed by atoms with Crippen LogP contribution in [-0.2, 0) is 13.2 Å². The van der Waals surface area contributed by atoms with Crippen molar-refractivity contribution >= 4 is 40.0 Å². The van der Waals surface area contributed by atoms with Gasteiger partial charge >= 0.3 is 6.18 Å². The second-order valence-corrected chi connectivity index (χ2v) is 7.45. The van der Waals surface area contributed by atoms with E-state index in [2.05, 4.69) is 25.7 Å². The maximum Gasteiger partial charge on any atom is 0.416 e. The molecule has 0 aliphatic rings. The Hall–Kier alpha value is -4.48. The molecule has 0 saturated heterocycles. The number of carbonyl (C=O) groups is 2. The number of hydrogen-bond donors (Lipinski definition) is 3. The molecule has 0 unspecified atom stereocenters. The SMILES string of the molecule is Cc1ccc(C(=O)Nc2cccc(C(F)(F)F)c2)cc1Nc1nc(C(N)=O)nc2c1cnn2C. The Kier molecular flexibility index (Phi) is 5.65. The lowest BCUT2D eigenvalue weighted by molar-refractivity contribution is -0.137. The van der Waals surface area contributed by atoms with E-state index in [1.165, 1.54) is 35.1 Å². The van der Waals surface area contributed by atoms with Crippen molar-refractivity contribution in [3.8, 4) is 0 Å². The number of halogens is 3. The van der Waals surface area contributed by atoms with Crippen LogP contribution in [0.4, 0.5) is 30.4 Å². The van der Waals surface area contributed by atoms with Gasteiger partial charge in [-0.1, -0.05) is 12.1 Å². The minimum Gasteiger partial charge on any atom is -0.363 e. The van der Waals surface area contributed by atoms with Gasteiger partial charge in [0, 0.05) is 24.0 Å². The molecule has 0 saturated carbocycles. The third-order valence-corrected chi connectivity index (χ3v) is 5.01. The van der Waals surface area contributed by atoms with Crippen molar-refractivity contribution < 1.29 is 22.8 Å². The number of hydrogen-bond acceptors (Lipinski definition) is 6. The van der Waals surface area contributed by atoms with Crippen molar-refractivity contribution in [3.63, 3.8) is 0 Å². The van der Waals surface area contributed by atoms with Gasteiger partial charge in [-0.3, -0.25) is 14.3 Å². The standard InChI is InChI=1S/C22H18F3N7O2/c1-11-6-7-12(21(34)28-14-5-3-4-13(9-14)22(23,24)25)8-16(11)29-18-15-10-27-32(2)20(15)31-19(30-18)17(26)33/h3-10H,1-2H3,(H2,26,33)(H,28,34)(H,29,30,31). The Bertz CT molecular complexity index is 1430. The van der Waals surface area contributed by atoms with Gasteiger partial charge in [0.2, 0.25) is 5.82 Å². The van der Waals surface area contributed by atoms with Crippen LogP contribution in [0.5, 0.6) is 0 Å². The quantitative estimate of drug-likeness (QED) is 0.408. The Balaban J connectivity index is 1.65. The van der Waals surface area contributed by atoms with Gasteiger partial charge in [0.25, 0.3) is 11.8 Å². The highest BCUT2D eigenvalue weighted by atomic mass is 19.4. The molecular weight excluding hydrogens is 451 g/mol. The number of primary amides is 1. The van der Waals surface area contributed by atoms with Crippen LogP contribution < -0.4 is 16.4 Å². The van der Waals surface area contributed by atoms with Crippen molar-refractivity contribution in [2.45, 2.75) is 13.1 Å². The highest BCUT2D eigenvalue weighted by Crippen LogP contribution is 2.31. The van der Waals surface area contributed by atoms with Crippen molar-refractivity contribution in [1.29, 1.82) is 0 Å². The average molecular weight is 469 g/mol. The van der Waals surface area contributed by atoms with Gasteiger partial charge in [-0.25, -0.2) is 9.97 Å². The van der Waals surface area contributed by atoms with Crippen LogP contribution in [0.25, 0.3) is 11.0 Å². The Morgan fingerprint density at radius 3 is 2.56 bits per heavy atom. The number of nitrogens with one attached hydrogen (secondary N) is 2. The molecular formula is C22H18F3N7O2. The molecule has 174 valence electrons. The highest BCUT2D eigenvalue weighted by molar-refractivity contribution is 6.05. The van der Waals surface area contributed by atoms with E-state index in [-0.39, 0.29) is 22.9 Å². The number of anilines is 3. The zero-order chi connectivity index (χ0) is 24.6. The zero-order valence-corrected chi connectivity index (χ0v) is 17.9. The molecule has 34 heavy (non-hydrogen) atoms. The van der Waals surface area contributed by atoms with E-state index in [0.717, 1.165) is 17.7 Å². The van der Waals surface area contributed by atoms with Crippen molar-refractivity contribution in [2.24, 2.45) is 12.8 Å². The van der Waals surface area contributed by atoms with Crippen LogP contribution in [-0.4, -0.2) is 31.6 Å². The molecule has 0 fully saturated rings. The van der Waals surface area contributed by atoms with E-state index in [0.29, 0.717) is 16.7 Å². The number of benzene rings is 2. The number of amides is 2. The second-order valence-electron chi connectivity index (χ2n) is 7.45. The van der Waals surface area contributed by atoms with Gasteiger partial charge in [-0.15, -0.1) is 0 Å². The minimum atomic E-state index is -4.53. The third-order valence-electron chi connectivity index (χ3n) is 5.01. The molecule has 4 aromatic rings. The summed E-state index contributed by atoms with van der Waals surface area (Å²) in [5, 5.41) is 10.2. The van der Waals surface area contributed by atoms with E-state index >= 15 is 0 Å². The molecule has 2 amide bonds. The summed E-state index contributed by atoms with van der Waals surface area (Å²) in [5.41, 5.74) is 6.28. The van der Waals surface area contributed by atoms with Crippen LogP contribution in [0.3, 0.4) is 0 Å². The fourth-order valence-corrected chi connectivity index (χ4v) is 3.23. The van der Waals surface area contributed by atoms with Crippen LogP contribution >= 0.6 is 0 Å². The maximum atomic E-state index is 13.0. The lowest BCUT2D eigenvalue weighted by Gasteiger charge is -2.13. The molecule has 0 spiro atoms. The fraction of sp³-hybridized carbons (Fsp3) is 0.136. The number of nitrogens with zero attached hydrogens (tertiary/aromatic N) is 4. The zero-order valence-electron chi connectivity index (χ0n) is 17.9. The minimum absolute atomic E-state index is 0.00822. The Morgan fingerprint density at radius 2 is 1.85 bits per heavy atom. The van der Waals surface area contributed by atoms with Crippen LogP contribution in [0.2, 0.25) is 0 Å². The first-order valence-corrected chi connectivity index (χ1v) is 9.89. The normalized spacial score (nSPS) is 11.4. The summed E-state index contributed by atoms with van der Waals surface area (Å²) in [4.78, 5) is 32.7. The Morgan fingerprint density at radius 1 is 1.09 bits per heavy atom. The monoisotopic (exact) mass is 469 g/mol. The smallest absolute Gasteiger partial charge is 0.363 e. The van der Waals surface area contributed by atoms with Gasteiger partial charge in [-0.05, 0) is 42.8 Å². The fourth-order valence-electron chi connectivity index (χ4n) is 3.23. The van der Waals surface area contributed by atoms with Gasteiger partial charge in [0.05, 0.1) is 17.1 Å². The number of rotatable bonds is 5. The van der Waals surface area contributed by atoms with Crippen molar-refractivity contribution in [1.82, 2.24) is 19.7 Å². The van der Waals surface area contributed by atoms with E-state index in [1.54, 1.807) is 20.0 Å². The lowest BCUT2D eigenvalue weighted by Crippen LogP contribution is -2.17. The number of carbonyl (C=O) groups excluding carboxylic acids is 2. The van der Waals surface area contributed by atoms with Gasteiger partial charge in [-0.2, -0.15) is 18.3 Å². The van der Waals surface area contributed by atoms with Gasteiger partial charge in [0.15, 0.2) is 5.65 Å².